The molecule has 29 heavy (non-hydrogen) atoms. The number of carbonyl (C=O) groups is 1. The monoisotopic (exact) mass is 429 g/mol. The molecule has 0 saturated heterocycles. The van der Waals surface area contributed by atoms with Crippen LogP contribution >= 0.6 is 23.1 Å². The fraction of sp³-hybridized carbons (Fsp3) is 0.381. The summed E-state index contributed by atoms with van der Waals surface area (Å²) >= 11 is 3.11. The molecule has 1 aliphatic heterocycles. The molecule has 1 fully saturated rings. The number of benzene rings is 1. The van der Waals surface area contributed by atoms with Gasteiger partial charge in [0.05, 0.1) is 30.5 Å². The number of thioether (sulfide) groups is 1. The van der Waals surface area contributed by atoms with Crippen molar-refractivity contribution < 1.29 is 14.3 Å². The third-order valence-corrected chi connectivity index (χ3v) is 6.85. The van der Waals surface area contributed by atoms with E-state index >= 15 is 0 Å². The van der Waals surface area contributed by atoms with E-state index in [4.69, 9.17) is 19.5 Å². The summed E-state index contributed by atoms with van der Waals surface area (Å²) in [7, 11) is 3.16. The maximum absolute atomic E-state index is 12.6. The Balaban J connectivity index is 1.45. The van der Waals surface area contributed by atoms with Crippen molar-refractivity contribution in [2.45, 2.75) is 31.3 Å². The highest BCUT2D eigenvalue weighted by Gasteiger charge is 2.39. The number of hydrogen-bond acceptors (Lipinski definition) is 7. The molecule has 0 bridgehead atoms. The second kappa shape index (κ2) is 8.59. The van der Waals surface area contributed by atoms with Crippen LogP contribution in [0.5, 0.6) is 11.5 Å². The van der Waals surface area contributed by atoms with Crippen molar-refractivity contribution in [2.75, 3.05) is 25.3 Å². The number of anilines is 1. The first-order valence-electron chi connectivity index (χ1n) is 9.51. The largest absolute Gasteiger partial charge is 0.497 e. The number of rotatable bonds is 6. The molecule has 4 rings (SSSR count). The maximum Gasteiger partial charge on any atom is 0.234 e. The van der Waals surface area contributed by atoms with Gasteiger partial charge in [0.25, 0.3) is 0 Å². The Labute approximate surface area is 178 Å². The van der Waals surface area contributed by atoms with Crippen LogP contribution in [0.25, 0.3) is 0 Å². The number of ether oxygens (including phenoxy) is 2. The molecule has 152 valence electrons. The summed E-state index contributed by atoms with van der Waals surface area (Å²) in [5, 5.41) is 5.83. The highest BCUT2D eigenvalue weighted by atomic mass is 32.2. The Kier molecular flexibility index (Phi) is 5.91. The summed E-state index contributed by atoms with van der Waals surface area (Å²) in [5.41, 5.74) is 1.24. The van der Waals surface area contributed by atoms with Crippen LogP contribution in [0, 0.1) is 0 Å². The molecule has 2 heterocycles. The van der Waals surface area contributed by atoms with Gasteiger partial charge in [-0.15, -0.1) is 11.3 Å². The van der Waals surface area contributed by atoms with Crippen molar-refractivity contribution in [3.63, 3.8) is 0 Å². The molecule has 1 aliphatic carbocycles. The van der Waals surface area contributed by atoms with E-state index in [1.165, 1.54) is 11.8 Å². The van der Waals surface area contributed by atoms with Gasteiger partial charge in [-0.05, 0) is 49.3 Å². The lowest BCUT2D eigenvalue weighted by atomic mass is 10.1. The lowest BCUT2D eigenvalue weighted by Gasteiger charge is -2.14. The van der Waals surface area contributed by atoms with Crippen molar-refractivity contribution in [1.82, 2.24) is 0 Å². The molecule has 1 saturated carbocycles. The summed E-state index contributed by atoms with van der Waals surface area (Å²) in [6, 6.07) is 9.40. The predicted octanol–water partition coefficient (Wildman–Crippen LogP) is 4.61. The number of hydrogen-bond donors (Lipinski definition) is 1. The molecule has 1 aromatic heterocycles. The van der Waals surface area contributed by atoms with E-state index in [1.807, 2.05) is 11.4 Å². The molecule has 1 spiro atoms. The average Bonchev–Trinajstić information content (AvgIpc) is 3.48. The zero-order valence-electron chi connectivity index (χ0n) is 16.4. The molecule has 0 unspecified atom stereocenters. The molecular formula is C21H23N3O3S2. The Bertz CT molecular complexity index is 948. The molecule has 0 atom stereocenters. The lowest BCUT2D eigenvalue weighted by Crippen LogP contribution is -2.18. The number of thiophene rings is 1. The summed E-state index contributed by atoms with van der Waals surface area (Å²) in [6.07, 6.45) is 4.28. The molecule has 1 N–H and O–H groups in total. The molecule has 1 aromatic carbocycles. The van der Waals surface area contributed by atoms with E-state index in [1.54, 1.807) is 43.8 Å². The smallest absolute Gasteiger partial charge is 0.234 e. The van der Waals surface area contributed by atoms with E-state index in [2.05, 4.69) is 11.4 Å². The van der Waals surface area contributed by atoms with Crippen molar-refractivity contribution >= 4 is 45.4 Å². The van der Waals surface area contributed by atoms with Crippen molar-refractivity contribution in [3.8, 4) is 11.5 Å². The fourth-order valence-electron chi connectivity index (χ4n) is 3.58. The van der Waals surface area contributed by atoms with Gasteiger partial charge in [-0.3, -0.25) is 9.79 Å². The second-order valence-corrected chi connectivity index (χ2v) is 8.86. The first kappa shape index (κ1) is 20.0. The Morgan fingerprint density at radius 3 is 2.72 bits per heavy atom. The average molecular weight is 430 g/mol. The van der Waals surface area contributed by atoms with Crippen LogP contribution in [0.15, 0.2) is 45.7 Å². The summed E-state index contributed by atoms with van der Waals surface area (Å²) in [4.78, 5) is 23.6. The zero-order valence-corrected chi connectivity index (χ0v) is 18.1. The summed E-state index contributed by atoms with van der Waals surface area (Å²) < 4.78 is 10.6. The molecule has 2 aliphatic rings. The van der Waals surface area contributed by atoms with Crippen molar-refractivity contribution in [1.29, 1.82) is 0 Å². The molecule has 2 aromatic rings. The van der Waals surface area contributed by atoms with Gasteiger partial charge < -0.3 is 14.8 Å². The number of amides is 1. The lowest BCUT2D eigenvalue weighted by molar-refractivity contribution is -0.113. The van der Waals surface area contributed by atoms with Crippen LogP contribution in [0.2, 0.25) is 0 Å². The second-order valence-electron chi connectivity index (χ2n) is 6.95. The minimum absolute atomic E-state index is 0.112. The Morgan fingerprint density at radius 1 is 1.21 bits per heavy atom. The third-order valence-electron chi connectivity index (χ3n) is 5.01. The quantitative estimate of drug-likeness (QED) is 0.728. The van der Waals surface area contributed by atoms with Gasteiger partial charge >= 0.3 is 0 Å². The first-order valence-corrected chi connectivity index (χ1v) is 11.4. The van der Waals surface area contributed by atoms with Gasteiger partial charge in [-0.1, -0.05) is 17.8 Å². The highest BCUT2D eigenvalue weighted by molar-refractivity contribution is 8.16. The van der Waals surface area contributed by atoms with E-state index in [9.17, 15) is 4.79 Å². The Morgan fingerprint density at radius 2 is 2.03 bits per heavy atom. The minimum Gasteiger partial charge on any atom is -0.497 e. The van der Waals surface area contributed by atoms with Crippen LogP contribution < -0.4 is 14.8 Å². The van der Waals surface area contributed by atoms with Gasteiger partial charge in [0.1, 0.15) is 22.3 Å². The van der Waals surface area contributed by atoms with Crippen LogP contribution in [0.1, 0.15) is 30.6 Å². The van der Waals surface area contributed by atoms with Crippen molar-refractivity contribution in [2.24, 2.45) is 9.98 Å². The van der Waals surface area contributed by atoms with Gasteiger partial charge in [0.2, 0.25) is 5.91 Å². The van der Waals surface area contributed by atoms with Gasteiger partial charge in [-0.2, -0.15) is 0 Å². The molecule has 6 nitrogen and oxygen atoms in total. The predicted molar refractivity (Wildman–Crippen MR) is 120 cm³/mol. The van der Waals surface area contributed by atoms with Crippen LogP contribution in [0.3, 0.4) is 0 Å². The van der Waals surface area contributed by atoms with E-state index < -0.39 is 0 Å². The zero-order chi connectivity index (χ0) is 20.3. The molecule has 0 radical (unpaired) electrons. The minimum atomic E-state index is -0.308. The maximum atomic E-state index is 12.6. The number of nitrogens with one attached hydrogen (secondary N) is 1. The number of nitrogens with zero attached hydrogens (tertiary/aromatic N) is 2. The number of methoxy groups -OCH3 is 2. The van der Waals surface area contributed by atoms with Crippen LogP contribution in [-0.2, 0) is 4.79 Å². The Hall–Kier alpha value is -2.32. The van der Waals surface area contributed by atoms with E-state index in [0.29, 0.717) is 17.2 Å². The van der Waals surface area contributed by atoms with E-state index in [0.717, 1.165) is 41.3 Å². The fourth-order valence-corrected chi connectivity index (χ4v) is 5.23. The topological polar surface area (TPSA) is 72.3 Å². The van der Waals surface area contributed by atoms with Crippen LogP contribution in [0.4, 0.5) is 5.69 Å². The standard InChI is InChI=1S/C21H23N3O3S2/c1-26-14-7-8-15(16(12-14)27-2)22-18(25)13-29-20-19(17-6-5-11-28-17)23-21(24-20)9-3-4-10-21/h5-8,11-12H,3-4,9-10,13H2,1-2H3,(H,22,25). The van der Waals surface area contributed by atoms with Crippen molar-refractivity contribution in [3.05, 3.63) is 40.6 Å². The van der Waals surface area contributed by atoms with E-state index in [-0.39, 0.29) is 17.3 Å². The third kappa shape index (κ3) is 4.33. The summed E-state index contributed by atoms with van der Waals surface area (Å²) in [6.45, 7) is 0. The van der Waals surface area contributed by atoms with Gasteiger partial charge in [0, 0.05) is 6.07 Å². The normalized spacial score (nSPS) is 17.2. The molecule has 1 amide bonds. The summed E-state index contributed by atoms with van der Waals surface area (Å²) in [5.74, 6) is 1.38. The van der Waals surface area contributed by atoms with Gasteiger partial charge in [-0.25, -0.2) is 4.99 Å². The van der Waals surface area contributed by atoms with Crippen LogP contribution in [-0.4, -0.2) is 42.3 Å². The molecular weight excluding hydrogens is 406 g/mol. The number of aliphatic imine (C=N–C) groups is 2. The highest BCUT2D eigenvalue weighted by Crippen LogP contribution is 2.40. The number of carbonyl (C=O) groups excluding carboxylic acids is 1. The molecule has 8 heteroatoms. The van der Waals surface area contributed by atoms with Gasteiger partial charge in [0.15, 0.2) is 5.66 Å². The first-order chi connectivity index (χ1) is 14.1. The SMILES string of the molecule is COc1ccc(NC(=O)CSC2=NC3(CCCC3)N=C2c2cccs2)c(OC)c1.